The van der Waals surface area contributed by atoms with Crippen LogP contribution in [0.2, 0.25) is 0 Å². The normalized spacial score (nSPS) is 11.5. The number of fused-ring (bicyclic) bond motifs is 1. The molecule has 0 aliphatic rings. The van der Waals surface area contributed by atoms with E-state index in [1.807, 2.05) is 24.3 Å². The lowest BCUT2D eigenvalue weighted by atomic mass is 10.1. The van der Waals surface area contributed by atoms with Gasteiger partial charge < -0.3 is 10.3 Å². The van der Waals surface area contributed by atoms with Crippen molar-refractivity contribution in [1.82, 2.24) is 25.0 Å². The first kappa shape index (κ1) is 21.0. The molecule has 3 heterocycles. The van der Waals surface area contributed by atoms with Gasteiger partial charge in [0.15, 0.2) is 5.69 Å². The van der Waals surface area contributed by atoms with Crippen molar-refractivity contribution < 1.29 is 18.0 Å². The Balaban J connectivity index is 1.41. The standard InChI is InChI=1S/C23H14F3N7O/c24-23(25,26)15-2-4-17(5-3-15)33-12-14(10-29-33)13-1-6-19-18(7-13)21(11-28-19)30-22(34)20-8-16(9-27)31-32-20/h1-8,10-12,28H,(H,30,34)(H,31,32). The van der Waals surface area contributed by atoms with Gasteiger partial charge >= 0.3 is 6.18 Å². The van der Waals surface area contributed by atoms with E-state index in [4.69, 9.17) is 5.26 Å². The zero-order valence-corrected chi connectivity index (χ0v) is 17.2. The van der Waals surface area contributed by atoms with E-state index < -0.39 is 17.6 Å². The van der Waals surface area contributed by atoms with E-state index in [0.29, 0.717) is 11.4 Å². The highest BCUT2D eigenvalue weighted by Crippen LogP contribution is 2.31. The fourth-order valence-corrected chi connectivity index (χ4v) is 3.50. The summed E-state index contributed by atoms with van der Waals surface area (Å²) in [7, 11) is 0. The number of halogens is 3. The lowest BCUT2D eigenvalue weighted by molar-refractivity contribution is -0.137. The van der Waals surface area contributed by atoms with Gasteiger partial charge in [-0.25, -0.2) is 4.68 Å². The minimum Gasteiger partial charge on any atom is -0.359 e. The molecule has 5 rings (SSSR count). The molecule has 0 aliphatic heterocycles. The van der Waals surface area contributed by atoms with Crippen LogP contribution in [0.15, 0.2) is 67.1 Å². The summed E-state index contributed by atoms with van der Waals surface area (Å²) in [6.45, 7) is 0. The van der Waals surface area contributed by atoms with Crippen LogP contribution in [-0.4, -0.2) is 30.9 Å². The van der Waals surface area contributed by atoms with Gasteiger partial charge in [-0.1, -0.05) is 6.07 Å². The third kappa shape index (κ3) is 3.88. The van der Waals surface area contributed by atoms with Crippen LogP contribution < -0.4 is 5.32 Å². The van der Waals surface area contributed by atoms with Crippen molar-refractivity contribution in [3.8, 4) is 22.9 Å². The van der Waals surface area contributed by atoms with Crippen LogP contribution in [0, 0.1) is 11.3 Å². The van der Waals surface area contributed by atoms with E-state index >= 15 is 0 Å². The summed E-state index contributed by atoms with van der Waals surface area (Å²) < 4.78 is 39.9. The number of nitrogens with one attached hydrogen (secondary N) is 3. The van der Waals surface area contributed by atoms with E-state index in [1.165, 1.54) is 22.9 Å². The summed E-state index contributed by atoms with van der Waals surface area (Å²) in [6.07, 6.45) is 0.572. The molecule has 0 radical (unpaired) electrons. The van der Waals surface area contributed by atoms with Gasteiger partial charge in [0.2, 0.25) is 0 Å². The number of anilines is 1. The summed E-state index contributed by atoms with van der Waals surface area (Å²) in [5.74, 6) is -0.449. The number of hydrogen-bond donors (Lipinski definition) is 3. The molecule has 168 valence electrons. The predicted molar refractivity (Wildman–Crippen MR) is 117 cm³/mol. The largest absolute Gasteiger partial charge is 0.416 e. The summed E-state index contributed by atoms with van der Waals surface area (Å²) in [6, 6.07) is 13.5. The highest BCUT2D eigenvalue weighted by atomic mass is 19.4. The van der Waals surface area contributed by atoms with E-state index in [-0.39, 0.29) is 11.4 Å². The zero-order valence-electron chi connectivity index (χ0n) is 17.2. The first-order valence-corrected chi connectivity index (χ1v) is 9.92. The van der Waals surface area contributed by atoms with Crippen LogP contribution in [-0.2, 0) is 6.18 Å². The van der Waals surface area contributed by atoms with Crippen molar-refractivity contribution in [3.05, 3.63) is 84.1 Å². The third-order valence-corrected chi connectivity index (χ3v) is 5.24. The fourth-order valence-electron chi connectivity index (χ4n) is 3.50. The average Bonchev–Trinajstić information content (AvgIpc) is 3.58. The molecule has 0 unspecified atom stereocenters. The quantitative estimate of drug-likeness (QED) is 0.354. The maximum absolute atomic E-state index is 12.8. The molecular formula is C23H14F3N7O. The Bertz CT molecular complexity index is 1550. The Morgan fingerprint density at radius 3 is 2.59 bits per heavy atom. The molecule has 3 N–H and O–H groups in total. The third-order valence-electron chi connectivity index (χ3n) is 5.24. The van der Waals surface area contributed by atoms with Gasteiger partial charge in [-0.3, -0.25) is 9.89 Å². The molecule has 8 nitrogen and oxygen atoms in total. The number of benzene rings is 2. The number of hydrogen-bond acceptors (Lipinski definition) is 4. The molecule has 0 spiro atoms. The molecule has 0 atom stereocenters. The van der Waals surface area contributed by atoms with E-state index in [1.54, 1.807) is 18.6 Å². The second-order valence-corrected chi connectivity index (χ2v) is 7.41. The molecule has 11 heteroatoms. The van der Waals surface area contributed by atoms with Crippen molar-refractivity contribution in [2.75, 3.05) is 5.32 Å². The molecule has 0 saturated carbocycles. The number of H-pyrrole nitrogens is 2. The summed E-state index contributed by atoms with van der Waals surface area (Å²) in [5, 5.41) is 22.9. The SMILES string of the molecule is N#Cc1cc(C(=O)Nc2c[nH]c3ccc(-c4cnn(-c5ccc(C(F)(F)F)cc5)c4)cc23)[nH]n1. The topological polar surface area (TPSA) is 115 Å². The van der Waals surface area contributed by atoms with Crippen molar-refractivity contribution in [1.29, 1.82) is 5.26 Å². The van der Waals surface area contributed by atoms with Gasteiger partial charge in [0, 0.05) is 34.9 Å². The number of aromatic amines is 2. The molecule has 0 bridgehead atoms. The number of carbonyl (C=O) groups excluding carboxylic acids is 1. The maximum atomic E-state index is 12.8. The maximum Gasteiger partial charge on any atom is 0.416 e. The smallest absolute Gasteiger partial charge is 0.359 e. The molecule has 3 aromatic heterocycles. The first-order valence-electron chi connectivity index (χ1n) is 9.92. The zero-order chi connectivity index (χ0) is 23.9. The monoisotopic (exact) mass is 461 g/mol. The van der Waals surface area contributed by atoms with Gasteiger partial charge in [0.1, 0.15) is 11.8 Å². The molecule has 2 aromatic carbocycles. The summed E-state index contributed by atoms with van der Waals surface area (Å²) in [4.78, 5) is 15.6. The van der Waals surface area contributed by atoms with Crippen LogP contribution in [0.1, 0.15) is 21.7 Å². The Labute approximate surface area is 189 Å². The molecular weight excluding hydrogens is 447 g/mol. The van der Waals surface area contributed by atoms with Crippen LogP contribution in [0.3, 0.4) is 0 Å². The minimum absolute atomic E-state index is 0.108. The van der Waals surface area contributed by atoms with Gasteiger partial charge in [-0.05, 0) is 42.0 Å². The van der Waals surface area contributed by atoms with Crippen molar-refractivity contribution in [3.63, 3.8) is 0 Å². The van der Waals surface area contributed by atoms with Crippen molar-refractivity contribution >= 4 is 22.5 Å². The van der Waals surface area contributed by atoms with E-state index in [2.05, 4.69) is 25.6 Å². The first-order chi connectivity index (χ1) is 16.3. The van der Waals surface area contributed by atoms with Gasteiger partial charge in [0.05, 0.1) is 23.1 Å². The summed E-state index contributed by atoms with van der Waals surface area (Å²) in [5.41, 5.74) is 2.89. The Hall–Kier alpha value is -4.85. The van der Waals surface area contributed by atoms with E-state index in [0.717, 1.165) is 34.2 Å². The molecule has 0 saturated heterocycles. The second-order valence-electron chi connectivity index (χ2n) is 7.41. The molecule has 1 amide bonds. The van der Waals surface area contributed by atoms with Crippen molar-refractivity contribution in [2.24, 2.45) is 0 Å². The molecule has 34 heavy (non-hydrogen) atoms. The number of alkyl halides is 3. The average molecular weight is 461 g/mol. The Kier molecular flexibility index (Phi) is 4.90. The Morgan fingerprint density at radius 1 is 1.09 bits per heavy atom. The molecule has 0 aliphatic carbocycles. The van der Waals surface area contributed by atoms with Crippen LogP contribution in [0.4, 0.5) is 18.9 Å². The van der Waals surface area contributed by atoms with Gasteiger partial charge in [0.25, 0.3) is 5.91 Å². The molecule has 0 fully saturated rings. The highest BCUT2D eigenvalue weighted by molar-refractivity contribution is 6.08. The summed E-state index contributed by atoms with van der Waals surface area (Å²) >= 11 is 0. The van der Waals surface area contributed by atoms with Gasteiger partial charge in [-0.2, -0.15) is 28.6 Å². The van der Waals surface area contributed by atoms with Gasteiger partial charge in [-0.15, -0.1) is 0 Å². The lowest BCUT2D eigenvalue weighted by Gasteiger charge is -2.07. The lowest BCUT2D eigenvalue weighted by Crippen LogP contribution is -2.12. The number of rotatable bonds is 4. The van der Waals surface area contributed by atoms with Crippen LogP contribution in [0.5, 0.6) is 0 Å². The Morgan fingerprint density at radius 2 is 1.88 bits per heavy atom. The predicted octanol–water partition coefficient (Wildman–Crippen LogP) is 4.89. The number of nitriles is 1. The molecule has 5 aromatic rings. The fraction of sp³-hybridized carbons (Fsp3) is 0.0435. The van der Waals surface area contributed by atoms with Crippen LogP contribution >= 0.6 is 0 Å². The number of nitrogens with zero attached hydrogens (tertiary/aromatic N) is 4. The minimum atomic E-state index is -4.40. The van der Waals surface area contributed by atoms with E-state index in [9.17, 15) is 18.0 Å². The number of amides is 1. The number of carbonyl (C=O) groups is 1. The highest BCUT2D eigenvalue weighted by Gasteiger charge is 2.30. The van der Waals surface area contributed by atoms with Crippen LogP contribution in [0.25, 0.3) is 27.7 Å². The number of aromatic nitrogens is 5. The second kappa shape index (κ2) is 7.93. The van der Waals surface area contributed by atoms with Crippen molar-refractivity contribution in [2.45, 2.75) is 6.18 Å².